The van der Waals surface area contributed by atoms with E-state index in [0.717, 1.165) is 48.2 Å². The van der Waals surface area contributed by atoms with E-state index in [2.05, 4.69) is 59.0 Å². The van der Waals surface area contributed by atoms with Crippen molar-refractivity contribution >= 4 is 38.7 Å². The molecule has 1 aromatic carbocycles. The molecule has 0 unspecified atom stereocenters. The number of carbonyl (C=O) groups excluding carboxylic acids is 1. The van der Waals surface area contributed by atoms with Gasteiger partial charge in [0.2, 0.25) is 0 Å². The average molecular weight is 465 g/mol. The summed E-state index contributed by atoms with van der Waals surface area (Å²) in [5.41, 5.74) is 4.92. The smallest absolute Gasteiger partial charge is 0.407 e. The minimum absolute atomic E-state index is 0.402. The molecule has 0 saturated heterocycles. The van der Waals surface area contributed by atoms with Crippen molar-refractivity contribution in [1.29, 1.82) is 0 Å². The molecule has 7 heteroatoms. The van der Waals surface area contributed by atoms with Crippen LogP contribution in [0.25, 0.3) is 21.3 Å². The van der Waals surface area contributed by atoms with Gasteiger partial charge in [0.25, 0.3) is 0 Å². The van der Waals surface area contributed by atoms with Crippen LogP contribution in [0.1, 0.15) is 62.4 Å². The predicted molar refractivity (Wildman–Crippen MR) is 135 cm³/mol. The molecule has 0 aliphatic heterocycles. The number of fused-ring (bicyclic) bond motifs is 3. The van der Waals surface area contributed by atoms with Gasteiger partial charge in [-0.05, 0) is 51.3 Å². The number of hydrogen-bond donors (Lipinski definition) is 1. The summed E-state index contributed by atoms with van der Waals surface area (Å²) in [7, 11) is 0. The molecule has 3 heterocycles. The number of aryl methyl sites for hydroxylation is 2. The molecule has 3 aromatic heterocycles. The summed E-state index contributed by atoms with van der Waals surface area (Å²) in [6.45, 7) is 11.1. The molecule has 33 heavy (non-hydrogen) atoms. The maximum atomic E-state index is 11.9. The molecule has 0 bridgehead atoms. The van der Waals surface area contributed by atoms with E-state index in [0.29, 0.717) is 6.54 Å². The first-order valence-corrected chi connectivity index (χ1v) is 12.3. The third-order valence-electron chi connectivity index (χ3n) is 5.40. The highest BCUT2D eigenvalue weighted by Gasteiger charge is 2.17. The Morgan fingerprint density at radius 2 is 1.88 bits per heavy atom. The van der Waals surface area contributed by atoms with Gasteiger partial charge >= 0.3 is 6.09 Å². The molecule has 1 N–H and O–H groups in total. The minimum atomic E-state index is -0.501. The van der Waals surface area contributed by atoms with Crippen molar-refractivity contribution in [1.82, 2.24) is 19.9 Å². The zero-order valence-corrected chi connectivity index (χ0v) is 20.9. The third kappa shape index (κ3) is 5.53. The van der Waals surface area contributed by atoms with Gasteiger partial charge in [-0.1, -0.05) is 37.6 Å². The Morgan fingerprint density at radius 1 is 1.15 bits per heavy atom. The second-order valence-electron chi connectivity index (χ2n) is 9.45. The first kappa shape index (κ1) is 23.2. The maximum absolute atomic E-state index is 11.9. The third-order valence-corrected chi connectivity index (χ3v) is 6.45. The number of alkyl carbamates (subject to hydrolysis) is 1. The lowest BCUT2D eigenvalue weighted by Gasteiger charge is -2.19. The highest BCUT2D eigenvalue weighted by molar-refractivity contribution is 7.19. The lowest BCUT2D eigenvalue weighted by molar-refractivity contribution is 0.0523. The maximum Gasteiger partial charge on any atom is 0.407 e. The molecular weight excluding hydrogens is 432 g/mol. The van der Waals surface area contributed by atoms with E-state index in [4.69, 9.17) is 9.72 Å². The van der Waals surface area contributed by atoms with Crippen molar-refractivity contribution in [2.75, 3.05) is 0 Å². The van der Waals surface area contributed by atoms with Crippen LogP contribution in [0.3, 0.4) is 0 Å². The van der Waals surface area contributed by atoms with Crippen molar-refractivity contribution < 1.29 is 9.53 Å². The van der Waals surface area contributed by atoms with E-state index in [1.54, 1.807) is 11.3 Å². The van der Waals surface area contributed by atoms with Gasteiger partial charge in [0.15, 0.2) is 0 Å². The summed E-state index contributed by atoms with van der Waals surface area (Å²) in [6.07, 6.45) is 4.70. The van der Waals surface area contributed by atoms with E-state index >= 15 is 0 Å². The van der Waals surface area contributed by atoms with Gasteiger partial charge in [-0.25, -0.2) is 9.78 Å². The number of thiophene rings is 1. The number of pyridine rings is 1. The largest absolute Gasteiger partial charge is 0.444 e. The Morgan fingerprint density at radius 3 is 2.58 bits per heavy atom. The monoisotopic (exact) mass is 464 g/mol. The quantitative estimate of drug-likeness (QED) is 0.345. The van der Waals surface area contributed by atoms with Crippen LogP contribution >= 0.6 is 11.3 Å². The summed E-state index contributed by atoms with van der Waals surface area (Å²) < 4.78 is 8.88. The van der Waals surface area contributed by atoms with Crippen molar-refractivity contribution in [3.05, 3.63) is 58.4 Å². The van der Waals surface area contributed by atoms with Crippen LogP contribution in [0.5, 0.6) is 0 Å². The molecule has 0 aliphatic carbocycles. The molecule has 0 aliphatic rings. The van der Waals surface area contributed by atoms with Gasteiger partial charge in [0.05, 0.1) is 21.9 Å². The number of imidazole rings is 1. The number of benzene rings is 1. The Bertz CT molecular complexity index is 1270. The Labute approximate surface area is 199 Å². The second kappa shape index (κ2) is 9.51. The summed E-state index contributed by atoms with van der Waals surface area (Å²) in [5, 5.41) is 2.82. The normalized spacial score (nSPS) is 11.9. The minimum Gasteiger partial charge on any atom is -0.444 e. The number of aromatic nitrogens is 3. The fourth-order valence-corrected chi connectivity index (χ4v) is 4.90. The number of rotatable bonds is 7. The summed E-state index contributed by atoms with van der Waals surface area (Å²) in [6, 6.07) is 10.5. The summed E-state index contributed by atoms with van der Waals surface area (Å²) >= 11 is 1.78. The highest BCUT2D eigenvalue weighted by Crippen LogP contribution is 2.32. The first-order chi connectivity index (χ1) is 15.7. The highest BCUT2D eigenvalue weighted by atomic mass is 32.1. The first-order valence-electron chi connectivity index (χ1n) is 11.5. The van der Waals surface area contributed by atoms with E-state index in [9.17, 15) is 4.79 Å². The second-order valence-corrected chi connectivity index (χ2v) is 10.7. The molecule has 0 spiro atoms. The molecule has 1 amide bonds. The SMILES string of the molecule is CCCCc1nc2cnc3cc(C)sc3c2n1Cc1ccc(CNC(=O)OC(C)(C)C)cc1. The van der Waals surface area contributed by atoms with Crippen LogP contribution in [-0.4, -0.2) is 26.2 Å². The van der Waals surface area contributed by atoms with Crippen LogP contribution in [0.4, 0.5) is 4.79 Å². The molecule has 4 rings (SSSR count). The van der Waals surface area contributed by atoms with Crippen molar-refractivity contribution in [2.24, 2.45) is 0 Å². The van der Waals surface area contributed by atoms with Gasteiger partial charge in [-0.2, -0.15) is 0 Å². The number of nitrogens with zero attached hydrogens (tertiary/aromatic N) is 3. The zero-order chi connectivity index (χ0) is 23.6. The molecule has 6 nitrogen and oxygen atoms in total. The van der Waals surface area contributed by atoms with Crippen LogP contribution in [0.2, 0.25) is 0 Å². The molecule has 4 aromatic rings. The van der Waals surface area contributed by atoms with Gasteiger partial charge in [0.1, 0.15) is 16.9 Å². The van der Waals surface area contributed by atoms with Gasteiger partial charge in [-0.15, -0.1) is 11.3 Å². The number of carbonyl (C=O) groups is 1. The molecule has 0 radical (unpaired) electrons. The molecule has 0 saturated carbocycles. The van der Waals surface area contributed by atoms with E-state index in [1.165, 1.54) is 20.7 Å². The Balaban J connectivity index is 1.57. The van der Waals surface area contributed by atoms with Crippen molar-refractivity contribution in [3.8, 4) is 0 Å². The number of nitrogens with one attached hydrogen (secondary N) is 1. The summed E-state index contributed by atoms with van der Waals surface area (Å²) in [5.74, 6) is 1.11. The fourth-order valence-electron chi connectivity index (χ4n) is 3.88. The van der Waals surface area contributed by atoms with Gasteiger partial charge in [-0.3, -0.25) is 4.98 Å². The topological polar surface area (TPSA) is 69.0 Å². The molecular formula is C26H32N4O2S. The van der Waals surface area contributed by atoms with E-state index in [1.807, 2.05) is 27.0 Å². The van der Waals surface area contributed by atoms with Gasteiger partial charge < -0.3 is 14.6 Å². The fraction of sp³-hybridized carbons (Fsp3) is 0.423. The Hall–Kier alpha value is -2.93. The standard InChI is InChI=1S/C26H32N4O2S/c1-6-7-8-22-29-21-15-27-20-13-17(2)33-24(20)23(21)30(22)16-19-11-9-18(10-12-19)14-28-25(31)32-26(3,4)5/h9-13,15H,6-8,14,16H2,1-5H3,(H,28,31). The summed E-state index contributed by atoms with van der Waals surface area (Å²) in [4.78, 5) is 22.8. The molecule has 0 fully saturated rings. The lowest BCUT2D eigenvalue weighted by Crippen LogP contribution is -2.32. The van der Waals surface area contributed by atoms with Crippen LogP contribution in [-0.2, 0) is 24.2 Å². The number of amides is 1. The zero-order valence-electron chi connectivity index (χ0n) is 20.1. The average Bonchev–Trinajstić information content (AvgIpc) is 3.29. The van der Waals surface area contributed by atoms with Crippen LogP contribution in [0, 0.1) is 6.92 Å². The van der Waals surface area contributed by atoms with Crippen LogP contribution in [0.15, 0.2) is 36.5 Å². The molecule has 0 atom stereocenters. The number of hydrogen-bond acceptors (Lipinski definition) is 5. The van der Waals surface area contributed by atoms with E-state index < -0.39 is 11.7 Å². The van der Waals surface area contributed by atoms with Gasteiger partial charge in [0, 0.05) is 24.4 Å². The lowest BCUT2D eigenvalue weighted by atomic mass is 10.1. The molecule has 174 valence electrons. The number of unbranched alkanes of at least 4 members (excludes halogenated alkanes) is 1. The van der Waals surface area contributed by atoms with Crippen molar-refractivity contribution in [3.63, 3.8) is 0 Å². The van der Waals surface area contributed by atoms with Crippen molar-refractivity contribution in [2.45, 2.75) is 72.6 Å². The van der Waals surface area contributed by atoms with Crippen LogP contribution < -0.4 is 5.32 Å². The van der Waals surface area contributed by atoms with E-state index in [-0.39, 0.29) is 0 Å². The predicted octanol–water partition coefficient (Wildman–Crippen LogP) is 6.37. The number of ether oxygens (including phenoxy) is 1. The Kier molecular flexibility index (Phi) is 6.70.